The maximum atomic E-state index is 2.44. The third-order valence-corrected chi connectivity index (χ3v) is 2.80. The molecule has 0 aliphatic carbocycles. The van der Waals surface area contributed by atoms with Crippen molar-refractivity contribution < 1.29 is 0 Å². The van der Waals surface area contributed by atoms with Gasteiger partial charge >= 0.3 is 0 Å². The monoisotopic (exact) mass is 117 g/mol. The van der Waals surface area contributed by atoms with Crippen LogP contribution >= 0.6 is 0 Å². The van der Waals surface area contributed by atoms with Crippen molar-refractivity contribution in [1.82, 2.24) is 4.57 Å². The Bertz CT molecular complexity index is 39.1. The number of hydrogen-bond donors (Lipinski definition) is 0. The summed E-state index contributed by atoms with van der Waals surface area (Å²) in [5.41, 5.74) is 0. The maximum absolute atomic E-state index is 2.44. The molecule has 0 bridgehead atoms. The van der Waals surface area contributed by atoms with Gasteiger partial charge in [0.05, 0.1) is 9.68 Å². The summed E-state index contributed by atoms with van der Waals surface area (Å²) in [5.74, 6) is 0. The van der Waals surface area contributed by atoms with Crippen molar-refractivity contribution in [3.05, 3.63) is 0 Å². The molecule has 2 heteroatoms. The van der Waals surface area contributed by atoms with Gasteiger partial charge < -0.3 is 4.57 Å². The topological polar surface area (TPSA) is 3.24 Å². The van der Waals surface area contributed by atoms with Crippen LogP contribution in [0.25, 0.3) is 0 Å². The summed E-state index contributed by atoms with van der Waals surface area (Å²) in [6.45, 7) is 5.71. The van der Waals surface area contributed by atoms with Crippen LogP contribution in [0.5, 0.6) is 0 Å². The summed E-state index contributed by atoms with van der Waals surface area (Å²) in [6, 6.07) is 1.41. The minimum Gasteiger partial charge on any atom is -0.332 e. The van der Waals surface area contributed by atoms with Gasteiger partial charge in [-0.2, -0.15) is 0 Å². The molecule has 0 fully saturated rings. The van der Waals surface area contributed by atoms with Crippen LogP contribution in [0.3, 0.4) is 0 Å². The zero-order valence-electron chi connectivity index (χ0n) is 5.57. The van der Waals surface area contributed by atoms with Crippen LogP contribution in [-0.4, -0.2) is 27.8 Å². The molecule has 0 saturated heterocycles. The smallest absolute Gasteiger partial charge is 0.0944 e. The average Bonchev–Trinajstić information content (AvgIpc) is 1.68. The maximum Gasteiger partial charge on any atom is 0.0944 e. The third-order valence-electron chi connectivity index (χ3n) is 1.15. The van der Waals surface area contributed by atoms with Crippen molar-refractivity contribution in [1.29, 1.82) is 0 Å². The molecule has 0 atom stereocenters. The molecule has 0 aliphatic heterocycles. The van der Waals surface area contributed by atoms with Crippen molar-refractivity contribution in [3.63, 3.8) is 0 Å². The lowest BCUT2D eigenvalue weighted by Crippen LogP contribution is -2.21. The molecule has 0 aromatic rings. The normalized spacial score (nSPS) is 12.0. The van der Waals surface area contributed by atoms with E-state index in [0.717, 1.165) is 0 Å². The molecule has 0 radical (unpaired) electrons. The molecule has 44 valence electrons. The Hall–Kier alpha value is 0.177. The van der Waals surface area contributed by atoms with E-state index >= 15 is 0 Å². The van der Waals surface area contributed by atoms with E-state index in [2.05, 4.69) is 25.5 Å². The number of nitrogens with zero attached hydrogens (tertiary/aromatic N) is 1. The van der Waals surface area contributed by atoms with Crippen LogP contribution in [0, 0.1) is 0 Å². The Balaban J connectivity index is 2.83. The van der Waals surface area contributed by atoms with E-state index < -0.39 is 0 Å². The SMILES string of the molecule is CC[SiH2]N(C)CC. The summed E-state index contributed by atoms with van der Waals surface area (Å²) < 4.78 is 2.44. The van der Waals surface area contributed by atoms with Crippen LogP contribution in [0.2, 0.25) is 6.04 Å². The molecular formula is C5H15NSi. The fourth-order valence-electron chi connectivity index (χ4n) is 0.540. The number of rotatable bonds is 3. The van der Waals surface area contributed by atoms with Crippen LogP contribution in [0.1, 0.15) is 13.8 Å². The second-order valence-corrected chi connectivity index (χ2v) is 4.42. The van der Waals surface area contributed by atoms with Crippen molar-refractivity contribution in [3.8, 4) is 0 Å². The highest BCUT2D eigenvalue weighted by Crippen LogP contribution is 1.79. The second-order valence-electron chi connectivity index (χ2n) is 1.90. The Labute approximate surface area is 48.6 Å². The fraction of sp³-hybridized carbons (Fsp3) is 1.00. The predicted molar refractivity (Wildman–Crippen MR) is 37.3 cm³/mol. The summed E-state index contributed by atoms with van der Waals surface area (Å²) >= 11 is 0. The van der Waals surface area contributed by atoms with Gasteiger partial charge in [-0.25, -0.2) is 0 Å². The van der Waals surface area contributed by atoms with E-state index in [0.29, 0.717) is 0 Å². The molecule has 0 aromatic heterocycles. The van der Waals surface area contributed by atoms with Crippen molar-refractivity contribution in [2.75, 3.05) is 13.6 Å². The first-order valence-corrected chi connectivity index (χ1v) is 4.63. The molecule has 0 unspecified atom stereocenters. The highest BCUT2D eigenvalue weighted by atomic mass is 28.2. The van der Waals surface area contributed by atoms with Gasteiger partial charge in [-0.15, -0.1) is 0 Å². The highest BCUT2D eigenvalue weighted by molar-refractivity contribution is 6.31. The molecule has 0 N–H and O–H groups in total. The van der Waals surface area contributed by atoms with Crippen LogP contribution < -0.4 is 0 Å². The van der Waals surface area contributed by atoms with Gasteiger partial charge in [0.1, 0.15) is 0 Å². The van der Waals surface area contributed by atoms with Crippen molar-refractivity contribution in [2.24, 2.45) is 0 Å². The molecule has 7 heavy (non-hydrogen) atoms. The standard InChI is InChI=1S/C5H15NSi/c1-4-6(3)7-5-2/h4-5,7H2,1-3H3. The minimum absolute atomic E-state index is 0.179. The van der Waals surface area contributed by atoms with E-state index in [9.17, 15) is 0 Å². The lowest BCUT2D eigenvalue weighted by molar-refractivity contribution is 0.566. The average molecular weight is 117 g/mol. The van der Waals surface area contributed by atoms with Crippen LogP contribution in [-0.2, 0) is 0 Å². The first-order chi connectivity index (χ1) is 3.31. The van der Waals surface area contributed by atoms with Gasteiger partial charge in [-0.1, -0.05) is 19.9 Å². The molecule has 0 saturated carbocycles. The van der Waals surface area contributed by atoms with E-state index in [4.69, 9.17) is 0 Å². The molecule has 0 heterocycles. The molecule has 0 aromatic carbocycles. The second kappa shape index (κ2) is 4.34. The molecule has 0 spiro atoms. The van der Waals surface area contributed by atoms with Gasteiger partial charge in [-0.3, -0.25) is 0 Å². The third kappa shape index (κ3) is 4.02. The van der Waals surface area contributed by atoms with E-state index in [1.165, 1.54) is 12.6 Å². The van der Waals surface area contributed by atoms with Gasteiger partial charge in [-0.05, 0) is 13.6 Å². The highest BCUT2D eigenvalue weighted by Gasteiger charge is 1.87. The van der Waals surface area contributed by atoms with Gasteiger partial charge in [0.15, 0.2) is 0 Å². The molecule has 1 nitrogen and oxygen atoms in total. The summed E-state index contributed by atoms with van der Waals surface area (Å²) in [7, 11) is 2.38. The predicted octanol–water partition coefficient (Wildman–Crippen LogP) is 0.460. The van der Waals surface area contributed by atoms with Crippen LogP contribution in [0.15, 0.2) is 0 Å². The molecule has 0 rings (SSSR count). The first kappa shape index (κ1) is 7.18. The molecule has 0 amide bonds. The lowest BCUT2D eigenvalue weighted by atomic mass is 10.8. The Kier molecular flexibility index (Phi) is 4.45. The van der Waals surface area contributed by atoms with E-state index in [1.807, 2.05) is 0 Å². The van der Waals surface area contributed by atoms with Crippen molar-refractivity contribution in [2.45, 2.75) is 19.9 Å². The first-order valence-electron chi connectivity index (χ1n) is 2.99. The number of hydrogen-bond acceptors (Lipinski definition) is 1. The zero-order chi connectivity index (χ0) is 5.70. The van der Waals surface area contributed by atoms with Crippen LogP contribution in [0.4, 0.5) is 0 Å². The minimum atomic E-state index is 0.179. The molecular weight excluding hydrogens is 102 g/mol. The lowest BCUT2D eigenvalue weighted by Gasteiger charge is -2.09. The zero-order valence-corrected chi connectivity index (χ0v) is 6.98. The molecule has 0 aliphatic rings. The quantitative estimate of drug-likeness (QED) is 0.485. The fourth-order valence-corrected chi connectivity index (χ4v) is 1.62. The summed E-state index contributed by atoms with van der Waals surface area (Å²) in [6.07, 6.45) is 0. The Morgan fingerprint density at radius 1 is 1.43 bits per heavy atom. The van der Waals surface area contributed by atoms with Gasteiger partial charge in [0.2, 0.25) is 0 Å². The van der Waals surface area contributed by atoms with E-state index in [-0.39, 0.29) is 9.68 Å². The van der Waals surface area contributed by atoms with Gasteiger partial charge in [0, 0.05) is 0 Å². The Morgan fingerprint density at radius 2 is 2.00 bits per heavy atom. The summed E-state index contributed by atoms with van der Waals surface area (Å²) in [4.78, 5) is 0. The van der Waals surface area contributed by atoms with Gasteiger partial charge in [0.25, 0.3) is 0 Å². The van der Waals surface area contributed by atoms with E-state index in [1.54, 1.807) is 0 Å². The largest absolute Gasteiger partial charge is 0.332 e. The van der Waals surface area contributed by atoms with Crippen molar-refractivity contribution >= 4 is 9.68 Å². The Morgan fingerprint density at radius 3 is 2.14 bits per heavy atom. The summed E-state index contributed by atoms with van der Waals surface area (Å²) in [5, 5.41) is 0.